The average Bonchev–Trinajstić information content (AvgIpc) is 2.54. The number of rotatable bonds is 5. The van der Waals surface area contributed by atoms with Gasteiger partial charge in [-0.05, 0) is 30.3 Å². The van der Waals surface area contributed by atoms with Gasteiger partial charge < -0.3 is 10.6 Å². The van der Waals surface area contributed by atoms with Crippen LogP contribution in [-0.2, 0) is 6.54 Å². The second-order valence-corrected chi connectivity index (χ2v) is 5.39. The molecule has 0 aliphatic carbocycles. The number of halogens is 1. The molecule has 0 aliphatic rings. The topological polar surface area (TPSA) is 75.6 Å². The summed E-state index contributed by atoms with van der Waals surface area (Å²) in [7, 11) is 0. The first kappa shape index (κ1) is 14.4. The highest BCUT2D eigenvalue weighted by Crippen LogP contribution is 2.19. The quantitative estimate of drug-likeness (QED) is 0.729. The lowest BCUT2D eigenvalue weighted by molar-refractivity contribution is 0.934. The predicted molar refractivity (Wildman–Crippen MR) is 88.8 cm³/mol. The van der Waals surface area contributed by atoms with Crippen LogP contribution in [0.25, 0.3) is 0 Å². The van der Waals surface area contributed by atoms with E-state index in [9.17, 15) is 0 Å². The Bertz CT molecular complexity index is 750. The van der Waals surface area contributed by atoms with Crippen molar-refractivity contribution in [1.82, 2.24) is 20.2 Å². The number of aromatic nitrogens is 4. The molecule has 0 bridgehead atoms. The minimum absolute atomic E-state index is 0.450. The molecular weight excluding hydrogens is 344 g/mol. The molecule has 110 valence electrons. The molecule has 7 heteroatoms. The number of hydrogen-bond acceptors (Lipinski definition) is 6. The second-order valence-electron chi connectivity index (χ2n) is 4.48. The second kappa shape index (κ2) is 6.95. The third-order valence-corrected chi connectivity index (χ3v) is 3.30. The molecule has 0 radical (unpaired) electrons. The van der Waals surface area contributed by atoms with Gasteiger partial charge in [0.2, 0.25) is 5.95 Å². The molecule has 1 aromatic carbocycles. The maximum Gasteiger partial charge on any atom is 0.245 e. The van der Waals surface area contributed by atoms with Gasteiger partial charge >= 0.3 is 0 Å². The SMILES string of the molecule is Brc1cccc(Nc2cnnc(NCc3ccccn3)n2)c1. The monoisotopic (exact) mass is 356 g/mol. The number of pyridine rings is 1. The summed E-state index contributed by atoms with van der Waals surface area (Å²) in [5.74, 6) is 1.07. The molecule has 0 spiro atoms. The first-order valence-corrected chi connectivity index (χ1v) is 7.45. The van der Waals surface area contributed by atoms with Gasteiger partial charge in [-0.3, -0.25) is 4.98 Å². The van der Waals surface area contributed by atoms with E-state index in [1.54, 1.807) is 12.4 Å². The molecule has 2 N–H and O–H groups in total. The van der Waals surface area contributed by atoms with Crippen molar-refractivity contribution in [2.75, 3.05) is 10.6 Å². The van der Waals surface area contributed by atoms with Gasteiger partial charge in [0.1, 0.15) is 0 Å². The molecule has 3 rings (SSSR count). The van der Waals surface area contributed by atoms with Crippen molar-refractivity contribution in [3.05, 3.63) is 65.0 Å². The fraction of sp³-hybridized carbons (Fsp3) is 0.0667. The van der Waals surface area contributed by atoms with Crippen LogP contribution in [0.1, 0.15) is 5.69 Å². The zero-order chi connectivity index (χ0) is 15.2. The molecule has 6 nitrogen and oxygen atoms in total. The number of benzene rings is 1. The molecule has 0 fully saturated rings. The van der Waals surface area contributed by atoms with Crippen molar-refractivity contribution in [3.63, 3.8) is 0 Å². The Balaban J connectivity index is 1.67. The van der Waals surface area contributed by atoms with Gasteiger partial charge in [0.05, 0.1) is 18.4 Å². The molecule has 0 atom stereocenters. The van der Waals surface area contributed by atoms with E-state index in [1.165, 1.54) is 0 Å². The number of nitrogens with one attached hydrogen (secondary N) is 2. The summed E-state index contributed by atoms with van der Waals surface area (Å²) in [6, 6.07) is 13.6. The molecule has 2 heterocycles. The van der Waals surface area contributed by atoms with Gasteiger partial charge in [-0.25, -0.2) is 0 Å². The standard InChI is InChI=1S/C15H13BrN6/c16-11-4-3-6-12(8-11)20-14-10-19-22-15(21-14)18-9-13-5-1-2-7-17-13/h1-8,10H,9H2,(H2,18,20,21,22). The minimum atomic E-state index is 0.450. The Morgan fingerprint density at radius 1 is 1.09 bits per heavy atom. The lowest BCUT2D eigenvalue weighted by atomic mass is 10.3. The third kappa shape index (κ3) is 3.98. The Morgan fingerprint density at radius 2 is 2.05 bits per heavy atom. The maximum absolute atomic E-state index is 4.37. The van der Waals surface area contributed by atoms with Crippen LogP contribution in [0.4, 0.5) is 17.5 Å². The fourth-order valence-electron chi connectivity index (χ4n) is 1.83. The molecule has 0 saturated heterocycles. The van der Waals surface area contributed by atoms with Crippen molar-refractivity contribution < 1.29 is 0 Å². The van der Waals surface area contributed by atoms with Crippen LogP contribution in [0.15, 0.2) is 59.3 Å². The van der Waals surface area contributed by atoms with Gasteiger partial charge in [0.15, 0.2) is 5.82 Å². The highest BCUT2D eigenvalue weighted by molar-refractivity contribution is 9.10. The summed E-state index contributed by atoms with van der Waals surface area (Å²) >= 11 is 3.43. The van der Waals surface area contributed by atoms with Crippen LogP contribution in [0, 0.1) is 0 Å². The summed E-state index contributed by atoms with van der Waals surface area (Å²) in [5, 5.41) is 14.2. The summed E-state index contributed by atoms with van der Waals surface area (Å²) in [5.41, 5.74) is 1.84. The first-order chi connectivity index (χ1) is 10.8. The zero-order valence-corrected chi connectivity index (χ0v) is 13.2. The van der Waals surface area contributed by atoms with E-state index in [-0.39, 0.29) is 0 Å². The smallest absolute Gasteiger partial charge is 0.245 e. The lowest BCUT2D eigenvalue weighted by Crippen LogP contribution is -2.07. The normalized spacial score (nSPS) is 10.2. The lowest BCUT2D eigenvalue weighted by Gasteiger charge is -2.07. The van der Waals surface area contributed by atoms with Crippen LogP contribution in [0.3, 0.4) is 0 Å². The third-order valence-electron chi connectivity index (χ3n) is 2.81. The van der Waals surface area contributed by atoms with Gasteiger partial charge in [0.25, 0.3) is 0 Å². The van der Waals surface area contributed by atoms with Gasteiger partial charge in [-0.15, -0.1) is 5.10 Å². The van der Waals surface area contributed by atoms with E-state index in [0.29, 0.717) is 18.3 Å². The Kier molecular flexibility index (Phi) is 4.55. The van der Waals surface area contributed by atoms with Crippen molar-refractivity contribution in [2.45, 2.75) is 6.54 Å². The molecular formula is C15H13BrN6. The van der Waals surface area contributed by atoms with E-state index in [0.717, 1.165) is 15.9 Å². The average molecular weight is 357 g/mol. The van der Waals surface area contributed by atoms with Crippen molar-refractivity contribution >= 4 is 33.4 Å². The summed E-state index contributed by atoms with van der Waals surface area (Å²) in [6.07, 6.45) is 3.33. The minimum Gasteiger partial charge on any atom is -0.347 e. The highest BCUT2D eigenvalue weighted by Gasteiger charge is 2.02. The van der Waals surface area contributed by atoms with E-state index in [1.807, 2.05) is 42.5 Å². The van der Waals surface area contributed by atoms with Crippen LogP contribution in [0.5, 0.6) is 0 Å². The molecule has 0 amide bonds. The van der Waals surface area contributed by atoms with E-state index in [2.05, 4.69) is 46.7 Å². The Hall–Kier alpha value is -2.54. The van der Waals surface area contributed by atoms with Crippen LogP contribution >= 0.6 is 15.9 Å². The van der Waals surface area contributed by atoms with Crippen molar-refractivity contribution in [2.24, 2.45) is 0 Å². The summed E-state index contributed by atoms with van der Waals surface area (Å²) < 4.78 is 0.994. The summed E-state index contributed by atoms with van der Waals surface area (Å²) in [4.78, 5) is 8.61. The molecule has 22 heavy (non-hydrogen) atoms. The zero-order valence-electron chi connectivity index (χ0n) is 11.6. The van der Waals surface area contributed by atoms with Crippen molar-refractivity contribution in [3.8, 4) is 0 Å². The van der Waals surface area contributed by atoms with E-state index < -0.39 is 0 Å². The first-order valence-electron chi connectivity index (χ1n) is 6.66. The van der Waals surface area contributed by atoms with Crippen LogP contribution in [0.2, 0.25) is 0 Å². The van der Waals surface area contributed by atoms with Crippen molar-refractivity contribution in [1.29, 1.82) is 0 Å². The number of anilines is 3. The molecule has 3 aromatic rings. The predicted octanol–water partition coefficient (Wildman–Crippen LogP) is 3.38. The fourth-order valence-corrected chi connectivity index (χ4v) is 2.22. The van der Waals surface area contributed by atoms with Gasteiger partial charge in [-0.1, -0.05) is 28.1 Å². The largest absolute Gasteiger partial charge is 0.347 e. The Labute approximate surface area is 136 Å². The summed E-state index contributed by atoms with van der Waals surface area (Å²) in [6.45, 7) is 0.545. The van der Waals surface area contributed by atoms with Gasteiger partial charge in [0, 0.05) is 16.4 Å². The van der Waals surface area contributed by atoms with E-state index >= 15 is 0 Å². The highest BCUT2D eigenvalue weighted by atomic mass is 79.9. The molecule has 2 aromatic heterocycles. The number of hydrogen-bond donors (Lipinski definition) is 2. The Morgan fingerprint density at radius 3 is 2.86 bits per heavy atom. The van der Waals surface area contributed by atoms with E-state index in [4.69, 9.17) is 0 Å². The molecule has 0 saturated carbocycles. The van der Waals surface area contributed by atoms with Gasteiger partial charge in [-0.2, -0.15) is 10.1 Å². The number of nitrogens with zero attached hydrogens (tertiary/aromatic N) is 4. The maximum atomic E-state index is 4.37. The molecule has 0 aliphatic heterocycles. The van der Waals surface area contributed by atoms with Crippen LogP contribution in [-0.4, -0.2) is 20.2 Å². The van der Waals surface area contributed by atoms with Crippen LogP contribution < -0.4 is 10.6 Å². The molecule has 0 unspecified atom stereocenters.